The van der Waals surface area contributed by atoms with Crippen LogP contribution in [0.15, 0.2) is 187 Å². The SMILES string of the molecule is Cc1ccc(N(c2ccc(C3=C([O-])C(=C4C=CC(=[N+](c5ccc(C)cc5C)C5CCCCC5)C=C4)C3=O)cc2)C2CCCCC2)c(C)c1.O=C1NCc2ccc(cc2)CNC(=O)c2cccc(n2)C(=O)NCc2ccc(cc2)CNC(=O)c2cccc1n2. The Bertz CT molecular complexity index is 3730. The molecule has 8 aliphatic rings. The van der Waals surface area contributed by atoms with Crippen LogP contribution in [-0.4, -0.2) is 61.8 Å². The summed E-state index contributed by atoms with van der Waals surface area (Å²) >= 11 is 0. The third-order valence-electron chi connectivity index (χ3n) is 17.2. The van der Waals surface area contributed by atoms with Crippen molar-refractivity contribution in [3.63, 3.8) is 0 Å². The molecule has 14 nitrogen and oxygen atoms in total. The third-order valence-corrected chi connectivity index (χ3v) is 17.2. The molecule has 5 aromatic carbocycles. The number of rotatable bonds is 6. The Kier molecular flexibility index (Phi) is 18.6. The molecule has 0 unspecified atom stereocenters. The summed E-state index contributed by atoms with van der Waals surface area (Å²) in [5, 5.41) is 24.8. The number of hydrogen-bond acceptors (Lipinski definition) is 9. The molecule has 88 heavy (non-hydrogen) atoms. The first kappa shape index (κ1) is 59.9. The van der Waals surface area contributed by atoms with Crippen LogP contribution < -0.4 is 31.3 Å². The number of nitrogens with one attached hydrogen (secondary N) is 4. The van der Waals surface area contributed by atoms with Crippen molar-refractivity contribution in [1.82, 2.24) is 31.2 Å². The number of anilines is 2. The lowest BCUT2D eigenvalue weighted by Gasteiger charge is -2.37. The van der Waals surface area contributed by atoms with Gasteiger partial charge < -0.3 is 31.3 Å². The van der Waals surface area contributed by atoms with Crippen LogP contribution in [0.25, 0.3) is 5.57 Å². The van der Waals surface area contributed by atoms with Gasteiger partial charge in [0.25, 0.3) is 23.6 Å². The number of pyridine rings is 2. The molecule has 6 heterocycles. The van der Waals surface area contributed by atoms with E-state index in [-0.39, 0.29) is 60.5 Å². The predicted molar refractivity (Wildman–Crippen MR) is 342 cm³/mol. The number of carbonyl (C=O) groups excluding carboxylic acids is 5. The van der Waals surface area contributed by atoms with E-state index in [1.54, 1.807) is 36.4 Å². The van der Waals surface area contributed by atoms with Crippen LogP contribution in [0.3, 0.4) is 0 Å². The van der Waals surface area contributed by atoms with Gasteiger partial charge in [0.2, 0.25) is 11.4 Å². The second-order valence-corrected chi connectivity index (χ2v) is 23.6. The van der Waals surface area contributed by atoms with E-state index in [0.29, 0.717) is 34.4 Å². The zero-order valence-electron chi connectivity index (χ0n) is 50.5. The summed E-state index contributed by atoms with van der Waals surface area (Å²) in [5.74, 6) is -1.90. The van der Waals surface area contributed by atoms with E-state index < -0.39 is 23.6 Å². The standard InChI is InChI=1S/C44H48N2O2.C30H26N6O4/c1-29-15-25-39(31(3)27-29)45(35-11-7-5-8-12-35)37-21-17-33(18-22-37)41-43(47)42(44(41)48)34-19-23-38(24-20-34)46(36-13-9-6-10-14-36)40-26-16-30(2)28-32(40)4;37-27-23-3-1-4-24(35-23)28(38)32-16-20-9-13-22(14-10-20)18-34-30(40)26-6-2-5-25(36-26)29(39)33-17-21-11-7-19(8-12-21)15-31-27/h15-28,35-36H,5-14H2,1-4H3;1-14H,15-18H2,(H,31,37)(H,32,38)(H,33,39)(H,34,40). The van der Waals surface area contributed by atoms with E-state index in [1.165, 1.54) is 97.8 Å². The van der Waals surface area contributed by atoms with Gasteiger partial charge in [0, 0.05) is 91.4 Å². The lowest BCUT2D eigenvalue weighted by Crippen LogP contribution is -2.33. The minimum absolute atomic E-state index is 0.137. The van der Waals surface area contributed by atoms with Crippen molar-refractivity contribution in [2.75, 3.05) is 4.90 Å². The fraction of sp³-hybridized carbons (Fsp3) is 0.270. The largest absolute Gasteiger partial charge is 0.871 e. The molecule has 4 aliphatic carbocycles. The van der Waals surface area contributed by atoms with E-state index in [9.17, 15) is 29.1 Å². The zero-order chi connectivity index (χ0) is 61.3. The van der Waals surface area contributed by atoms with Crippen molar-refractivity contribution in [2.24, 2.45) is 0 Å². The van der Waals surface area contributed by atoms with Gasteiger partial charge in [0.1, 0.15) is 22.8 Å². The zero-order valence-corrected chi connectivity index (χ0v) is 50.5. The van der Waals surface area contributed by atoms with Crippen molar-refractivity contribution in [3.8, 4) is 0 Å². The van der Waals surface area contributed by atoms with Crippen molar-refractivity contribution in [3.05, 3.63) is 260 Å². The van der Waals surface area contributed by atoms with Gasteiger partial charge in [-0.1, -0.05) is 134 Å². The fourth-order valence-electron chi connectivity index (χ4n) is 12.4. The van der Waals surface area contributed by atoms with Crippen molar-refractivity contribution >= 4 is 57.8 Å². The van der Waals surface area contributed by atoms with Gasteiger partial charge in [-0.15, -0.1) is 0 Å². The van der Waals surface area contributed by atoms with Crippen molar-refractivity contribution in [1.29, 1.82) is 0 Å². The summed E-state index contributed by atoms with van der Waals surface area (Å²) in [6.07, 6.45) is 20.4. The number of hydrogen-bond donors (Lipinski definition) is 4. The molecule has 2 fully saturated rings. The van der Waals surface area contributed by atoms with Gasteiger partial charge >= 0.3 is 0 Å². The number of aryl methyl sites for hydroxylation is 4. The highest BCUT2D eigenvalue weighted by atomic mass is 16.3. The smallest absolute Gasteiger partial charge is 0.270 e. The molecule has 7 aromatic rings. The Hall–Kier alpha value is -9.82. The number of nitrogens with zero attached hydrogens (tertiary/aromatic N) is 4. The summed E-state index contributed by atoms with van der Waals surface area (Å²) in [6, 6.07) is 46.6. The lowest BCUT2D eigenvalue weighted by molar-refractivity contribution is -0.488. The van der Waals surface area contributed by atoms with Gasteiger partial charge in [0.15, 0.2) is 11.8 Å². The van der Waals surface area contributed by atoms with Gasteiger partial charge in [0.05, 0.1) is 0 Å². The average molecular weight is 1170 g/mol. The average Bonchev–Trinajstić information content (AvgIpc) is 0.946. The van der Waals surface area contributed by atoms with E-state index in [0.717, 1.165) is 33.7 Å². The minimum atomic E-state index is -0.398. The Morgan fingerprint density at radius 3 is 1.33 bits per heavy atom. The summed E-state index contributed by atoms with van der Waals surface area (Å²) < 4.78 is 2.49. The molecule has 0 radical (unpaired) electrons. The van der Waals surface area contributed by atoms with Crippen LogP contribution in [0.2, 0.25) is 0 Å². The number of amides is 4. The maximum Gasteiger partial charge on any atom is 0.270 e. The Labute approximate surface area is 515 Å². The molecule has 2 aromatic heterocycles. The Morgan fingerprint density at radius 2 is 0.898 bits per heavy atom. The van der Waals surface area contributed by atoms with E-state index in [2.05, 4.69) is 129 Å². The number of allylic oxidation sites excluding steroid dienone is 7. The summed E-state index contributed by atoms with van der Waals surface area (Å²) in [6.45, 7) is 9.70. The molecule has 15 rings (SSSR count). The molecule has 14 heteroatoms. The van der Waals surface area contributed by atoms with Gasteiger partial charge in [-0.05, 0) is 153 Å². The van der Waals surface area contributed by atoms with Crippen LogP contribution in [-0.2, 0) is 31.0 Å². The molecule has 8 bridgehead atoms. The fourth-order valence-corrected chi connectivity index (χ4v) is 12.4. The normalized spacial score (nSPS) is 16.9. The van der Waals surface area contributed by atoms with Crippen molar-refractivity contribution in [2.45, 2.75) is 130 Å². The second-order valence-electron chi connectivity index (χ2n) is 23.6. The molecule has 446 valence electrons. The van der Waals surface area contributed by atoms with E-state index in [1.807, 2.05) is 72.8 Å². The minimum Gasteiger partial charge on any atom is -0.871 e. The van der Waals surface area contributed by atoms with Crippen LogP contribution in [0.4, 0.5) is 17.1 Å². The Morgan fingerprint density at radius 1 is 0.466 bits per heavy atom. The molecule has 0 saturated heterocycles. The molecule has 4 amide bonds. The number of carbonyl (C=O) groups is 5. The molecule has 4 N–H and O–H groups in total. The van der Waals surface area contributed by atoms with E-state index in [4.69, 9.17) is 0 Å². The quantitative estimate of drug-likeness (QED) is 0.0928. The number of Topliss-reactive ketones (excluding diaryl/α,β-unsaturated/α-hetero) is 1. The molecular weight excluding hydrogens is 1100 g/mol. The van der Waals surface area contributed by atoms with Gasteiger partial charge in [-0.2, -0.15) is 4.58 Å². The molecule has 2 saturated carbocycles. The Balaban J connectivity index is 0.000000185. The highest BCUT2D eigenvalue weighted by molar-refractivity contribution is 6.39. The van der Waals surface area contributed by atoms with Crippen LogP contribution in [0, 0.1) is 27.7 Å². The first-order valence-electron chi connectivity index (χ1n) is 30.7. The highest BCUT2D eigenvalue weighted by Gasteiger charge is 2.34. The number of aromatic nitrogens is 2. The van der Waals surface area contributed by atoms with Crippen LogP contribution >= 0.6 is 0 Å². The van der Waals surface area contributed by atoms with Crippen LogP contribution in [0.5, 0.6) is 0 Å². The topological polar surface area (TPSA) is 189 Å². The predicted octanol–water partition coefficient (Wildman–Crippen LogP) is 12.1. The lowest BCUT2D eigenvalue weighted by atomic mass is 9.80. The monoisotopic (exact) mass is 1170 g/mol. The second kappa shape index (κ2) is 27.3. The first-order chi connectivity index (χ1) is 42.7. The highest BCUT2D eigenvalue weighted by Crippen LogP contribution is 2.41. The summed E-state index contributed by atoms with van der Waals surface area (Å²) in [7, 11) is 0. The molecular formula is C74H74N8O6. The summed E-state index contributed by atoms with van der Waals surface area (Å²) in [5.41, 5.74) is 15.7. The third kappa shape index (κ3) is 13.9. The molecule has 0 atom stereocenters. The first-order valence-corrected chi connectivity index (χ1v) is 30.7. The number of benzene rings is 5. The van der Waals surface area contributed by atoms with Crippen LogP contribution in [0.1, 0.15) is 156 Å². The van der Waals surface area contributed by atoms with Crippen molar-refractivity contribution < 1.29 is 33.7 Å². The summed E-state index contributed by atoms with van der Waals surface area (Å²) in [4.78, 5) is 75.2. The van der Waals surface area contributed by atoms with Gasteiger partial charge in [-0.25, -0.2) is 9.97 Å². The van der Waals surface area contributed by atoms with Gasteiger partial charge in [-0.3, -0.25) is 24.0 Å². The molecule has 0 spiro atoms. The molecule has 4 aliphatic heterocycles. The maximum absolute atomic E-state index is 13.6. The van der Waals surface area contributed by atoms with E-state index >= 15 is 0 Å². The maximum atomic E-state index is 13.6. The number of ketones is 1.